The fraction of sp³-hybridized carbons (Fsp3) is 0.154. The van der Waals surface area contributed by atoms with Gasteiger partial charge in [0.15, 0.2) is 5.78 Å². The molecule has 0 aliphatic heterocycles. The van der Waals surface area contributed by atoms with E-state index in [1.807, 2.05) is 11.4 Å². The summed E-state index contributed by atoms with van der Waals surface area (Å²) in [6.45, 7) is 0. The number of halogens is 1. The molecule has 2 aromatic rings. The Hall–Kier alpha value is -1.13. The van der Waals surface area contributed by atoms with E-state index in [2.05, 4.69) is 22.0 Å². The topological polar surface area (TPSA) is 43.1 Å². The Labute approximate surface area is 113 Å². The molecule has 88 valence electrons. The quantitative estimate of drug-likeness (QED) is 0.687. The maximum atomic E-state index is 11.9. The first kappa shape index (κ1) is 12.3. The molecule has 0 spiro atoms. The predicted molar refractivity (Wildman–Crippen MR) is 75.5 cm³/mol. The van der Waals surface area contributed by atoms with Gasteiger partial charge in [-0.25, -0.2) is 0 Å². The molecule has 1 aromatic carbocycles. The number of nitrogen functional groups attached to an aromatic ring is 1. The van der Waals surface area contributed by atoms with E-state index >= 15 is 0 Å². The smallest absolute Gasteiger partial charge is 0.163 e. The Balaban J connectivity index is 2.02. The zero-order valence-electron chi connectivity index (χ0n) is 9.15. The van der Waals surface area contributed by atoms with E-state index in [-0.39, 0.29) is 5.78 Å². The molecule has 2 nitrogen and oxygen atoms in total. The van der Waals surface area contributed by atoms with Gasteiger partial charge in [-0.15, -0.1) is 11.3 Å². The minimum Gasteiger partial charge on any atom is -0.398 e. The molecule has 0 bridgehead atoms. The van der Waals surface area contributed by atoms with Crippen LogP contribution in [0.4, 0.5) is 5.69 Å². The number of rotatable bonds is 4. The van der Waals surface area contributed by atoms with Crippen LogP contribution in [0.25, 0.3) is 0 Å². The Morgan fingerprint density at radius 2 is 2.18 bits per heavy atom. The highest BCUT2D eigenvalue weighted by atomic mass is 79.9. The summed E-state index contributed by atoms with van der Waals surface area (Å²) in [6, 6.07) is 9.37. The number of anilines is 1. The molecule has 17 heavy (non-hydrogen) atoms. The summed E-state index contributed by atoms with van der Waals surface area (Å²) in [5.41, 5.74) is 7.05. The lowest BCUT2D eigenvalue weighted by atomic mass is 10.1. The number of benzene rings is 1. The van der Waals surface area contributed by atoms with Gasteiger partial charge < -0.3 is 5.73 Å². The lowest BCUT2D eigenvalue weighted by Crippen LogP contribution is -2.01. The van der Waals surface area contributed by atoms with Crippen LogP contribution in [0.3, 0.4) is 0 Å². The van der Waals surface area contributed by atoms with Crippen LogP contribution in [-0.2, 0) is 6.42 Å². The summed E-state index contributed by atoms with van der Waals surface area (Å²) < 4.78 is 0.777. The van der Waals surface area contributed by atoms with Crippen molar-refractivity contribution in [3.8, 4) is 0 Å². The van der Waals surface area contributed by atoms with Crippen molar-refractivity contribution < 1.29 is 4.79 Å². The van der Waals surface area contributed by atoms with Gasteiger partial charge in [0, 0.05) is 27.0 Å². The first-order valence-electron chi connectivity index (χ1n) is 5.27. The van der Waals surface area contributed by atoms with Gasteiger partial charge in [0.2, 0.25) is 0 Å². The monoisotopic (exact) mass is 309 g/mol. The van der Waals surface area contributed by atoms with Crippen molar-refractivity contribution in [3.05, 3.63) is 50.6 Å². The molecule has 4 heteroatoms. The molecule has 0 aliphatic carbocycles. The third-order valence-electron chi connectivity index (χ3n) is 2.50. The zero-order valence-corrected chi connectivity index (χ0v) is 11.6. The number of hydrogen-bond acceptors (Lipinski definition) is 3. The van der Waals surface area contributed by atoms with E-state index in [0.29, 0.717) is 17.7 Å². The minimum absolute atomic E-state index is 0.152. The summed E-state index contributed by atoms with van der Waals surface area (Å²) in [5, 5.41) is 2.03. The summed E-state index contributed by atoms with van der Waals surface area (Å²) in [4.78, 5) is 13.2. The van der Waals surface area contributed by atoms with Gasteiger partial charge in [-0.05, 0) is 52.0 Å². The fourth-order valence-electron chi connectivity index (χ4n) is 1.54. The molecule has 0 fully saturated rings. The van der Waals surface area contributed by atoms with Crippen molar-refractivity contribution in [2.45, 2.75) is 12.8 Å². The van der Waals surface area contributed by atoms with Gasteiger partial charge in [0.1, 0.15) is 0 Å². The average molecular weight is 310 g/mol. The van der Waals surface area contributed by atoms with E-state index in [1.54, 1.807) is 29.5 Å². The van der Waals surface area contributed by atoms with Gasteiger partial charge >= 0.3 is 0 Å². The summed E-state index contributed by atoms with van der Waals surface area (Å²) in [5.74, 6) is 0.152. The molecule has 0 saturated heterocycles. The Morgan fingerprint density at radius 3 is 2.82 bits per heavy atom. The first-order chi connectivity index (χ1) is 8.16. The Morgan fingerprint density at radius 1 is 1.35 bits per heavy atom. The first-order valence-corrected chi connectivity index (χ1v) is 6.94. The van der Waals surface area contributed by atoms with E-state index in [1.165, 1.54) is 4.88 Å². The third kappa shape index (κ3) is 3.17. The number of aryl methyl sites for hydroxylation is 1. The van der Waals surface area contributed by atoms with Crippen molar-refractivity contribution in [2.75, 3.05) is 5.73 Å². The van der Waals surface area contributed by atoms with E-state index in [9.17, 15) is 4.79 Å². The lowest BCUT2D eigenvalue weighted by Gasteiger charge is -2.03. The third-order valence-corrected chi connectivity index (χ3v) is 4.12. The second-order valence-electron chi connectivity index (χ2n) is 3.74. The lowest BCUT2D eigenvalue weighted by molar-refractivity contribution is 0.0983. The van der Waals surface area contributed by atoms with Crippen LogP contribution >= 0.6 is 27.3 Å². The molecule has 0 amide bonds. The molecule has 2 rings (SSSR count). The molecule has 0 atom stereocenters. The summed E-state index contributed by atoms with van der Waals surface area (Å²) >= 11 is 5.01. The molecule has 1 heterocycles. The van der Waals surface area contributed by atoms with E-state index < -0.39 is 0 Å². The van der Waals surface area contributed by atoms with Crippen molar-refractivity contribution in [2.24, 2.45) is 0 Å². The number of thiophene rings is 1. The summed E-state index contributed by atoms with van der Waals surface area (Å²) in [7, 11) is 0. The van der Waals surface area contributed by atoms with Crippen LogP contribution in [0.1, 0.15) is 21.7 Å². The number of ketones is 1. The highest BCUT2D eigenvalue weighted by Crippen LogP contribution is 2.21. The van der Waals surface area contributed by atoms with Gasteiger partial charge in [-0.3, -0.25) is 4.79 Å². The van der Waals surface area contributed by atoms with Crippen LogP contribution in [0.5, 0.6) is 0 Å². The standard InChI is InChI=1S/C13H12BrNOS/c14-11-8-9(3-5-12(11)15)13(16)6-4-10-2-1-7-17-10/h1-3,5,7-8H,4,6,15H2. The van der Waals surface area contributed by atoms with Crippen molar-refractivity contribution in [1.29, 1.82) is 0 Å². The highest BCUT2D eigenvalue weighted by molar-refractivity contribution is 9.10. The molecule has 0 radical (unpaired) electrons. The van der Waals surface area contributed by atoms with Gasteiger partial charge in [0.25, 0.3) is 0 Å². The molecular formula is C13H12BrNOS. The second kappa shape index (κ2) is 5.47. The average Bonchev–Trinajstić information content (AvgIpc) is 2.82. The van der Waals surface area contributed by atoms with Crippen LogP contribution < -0.4 is 5.73 Å². The van der Waals surface area contributed by atoms with Crippen LogP contribution in [-0.4, -0.2) is 5.78 Å². The Bertz CT molecular complexity index is 522. The minimum atomic E-state index is 0.152. The van der Waals surface area contributed by atoms with Gasteiger partial charge in [0.05, 0.1) is 0 Å². The van der Waals surface area contributed by atoms with Gasteiger partial charge in [-0.1, -0.05) is 6.07 Å². The predicted octanol–water partition coefficient (Wildman–Crippen LogP) is 3.91. The van der Waals surface area contributed by atoms with Crippen LogP contribution in [0, 0.1) is 0 Å². The molecule has 0 saturated carbocycles. The van der Waals surface area contributed by atoms with Crippen molar-refractivity contribution in [3.63, 3.8) is 0 Å². The highest BCUT2D eigenvalue weighted by Gasteiger charge is 2.08. The number of carbonyl (C=O) groups is 1. The second-order valence-corrected chi connectivity index (χ2v) is 5.63. The van der Waals surface area contributed by atoms with Crippen LogP contribution in [0.15, 0.2) is 40.2 Å². The van der Waals surface area contributed by atoms with Crippen LogP contribution in [0.2, 0.25) is 0 Å². The Kier molecular flexibility index (Phi) is 3.97. The fourth-order valence-corrected chi connectivity index (χ4v) is 2.62. The van der Waals surface area contributed by atoms with Crippen molar-refractivity contribution in [1.82, 2.24) is 0 Å². The molecule has 0 aliphatic rings. The number of carbonyl (C=O) groups excluding carboxylic acids is 1. The SMILES string of the molecule is Nc1ccc(C(=O)CCc2cccs2)cc1Br. The number of nitrogens with two attached hydrogens (primary N) is 1. The van der Waals surface area contributed by atoms with Crippen molar-refractivity contribution >= 4 is 38.7 Å². The van der Waals surface area contributed by atoms with E-state index in [0.717, 1.165) is 10.9 Å². The maximum Gasteiger partial charge on any atom is 0.163 e. The normalized spacial score (nSPS) is 10.4. The van der Waals surface area contributed by atoms with Gasteiger partial charge in [-0.2, -0.15) is 0 Å². The number of Topliss-reactive ketones (excluding diaryl/α,β-unsaturated/α-hetero) is 1. The molecule has 2 N–H and O–H groups in total. The number of hydrogen-bond donors (Lipinski definition) is 1. The largest absolute Gasteiger partial charge is 0.398 e. The zero-order chi connectivity index (χ0) is 12.3. The molecule has 0 unspecified atom stereocenters. The molecular weight excluding hydrogens is 298 g/mol. The van der Waals surface area contributed by atoms with E-state index in [4.69, 9.17) is 5.73 Å². The molecule has 1 aromatic heterocycles. The maximum absolute atomic E-state index is 11.9. The summed E-state index contributed by atoms with van der Waals surface area (Å²) in [6.07, 6.45) is 1.34.